The number of carbonyl (C=O) groups is 1. The molecule has 8 nitrogen and oxygen atoms in total. The van der Waals surface area contributed by atoms with Gasteiger partial charge in [-0.1, -0.05) is 18.2 Å². The van der Waals surface area contributed by atoms with E-state index in [1.807, 2.05) is 24.5 Å². The third-order valence-electron chi connectivity index (χ3n) is 6.41. The summed E-state index contributed by atoms with van der Waals surface area (Å²) in [5.74, 6) is 0.599. The van der Waals surface area contributed by atoms with Crippen LogP contribution in [0.25, 0.3) is 10.9 Å². The van der Waals surface area contributed by atoms with Gasteiger partial charge in [0, 0.05) is 36.1 Å². The molecule has 0 spiro atoms. The number of ether oxygens (including phenoxy) is 1. The van der Waals surface area contributed by atoms with Crippen molar-refractivity contribution >= 4 is 22.7 Å². The number of carboxylic acids is 1. The number of methoxy groups -OCH3 is 1. The van der Waals surface area contributed by atoms with E-state index in [2.05, 4.69) is 39.6 Å². The molecule has 4 heterocycles. The molecule has 2 N–H and O–H groups in total. The van der Waals surface area contributed by atoms with E-state index in [0.717, 1.165) is 48.0 Å². The first-order valence-electron chi connectivity index (χ1n) is 11.5. The first-order chi connectivity index (χ1) is 16.6. The van der Waals surface area contributed by atoms with Crippen LogP contribution in [-0.2, 0) is 17.6 Å². The molecule has 34 heavy (non-hydrogen) atoms. The number of carboxylic acid groups (broad SMARTS) is 1. The number of hydrogen-bond acceptors (Lipinski definition) is 6. The predicted molar refractivity (Wildman–Crippen MR) is 129 cm³/mol. The van der Waals surface area contributed by atoms with E-state index in [1.54, 1.807) is 24.1 Å². The molecule has 3 aromatic heterocycles. The largest absolute Gasteiger partial charge is 0.481 e. The molecule has 174 valence electrons. The van der Waals surface area contributed by atoms with Crippen molar-refractivity contribution in [1.82, 2.24) is 19.7 Å². The minimum atomic E-state index is -0.892. The van der Waals surface area contributed by atoms with Gasteiger partial charge in [-0.25, -0.2) is 9.97 Å². The van der Waals surface area contributed by atoms with Gasteiger partial charge in [0.05, 0.1) is 25.1 Å². The van der Waals surface area contributed by atoms with Crippen molar-refractivity contribution < 1.29 is 14.6 Å². The normalized spacial score (nSPS) is 16.0. The van der Waals surface area contributed by atoms with Crippen LogP contribution in [0.2, 0.25) is 0 Å². The summed E-state index contributed by atoms with van der Waals surface area (Å²) in [7, 11) is 1.55. The van der Waals surface area contributed by atoms with Gasteiger partial charge in [0.15, 0.2) is 0 Å². The molecule has 1 aliphatic rings. The van der Waals surface area contributed by atoms with Crippen LogP contribution < -0.4 is 10.1 Å². The van der Waals surface area contributed by atoms with Crippen LogP contribution in [0, 0.1) is 0 Å². The van der Waals surface area contributed by atoms with Gasteiger partial charge in [-0.15, -0.1) is 0 Å². The van der Waals surface area contributed by atoms with Crippen molar-refractivity contribution in [3.63, 3.8) is 0 Å². The topological polar surface area (TPSA) is 102 Å². The highest BCUT2D eigenvalue weighted by molar-refractivity contribution is 5.79. The van der Waals surface area contributed by atoms with E-state index in [4.69, 9.17) is 9.84 Å². The second-order valence-electron chi connectivity index (χ2n) is 8.68. The zero-order chi connectivity index (χ0) is 23.5. The number of nitrogens with zero attached hydrogens (tertiary/aromatic N) is 4. The number of benzene rings is 1. The van der Waals surface area contributed by atoms with Crippen molar-refractivity contribution in [2.45, 2.75) is 44.2 Å². The standard InChI is InChI=1S/C26H27N5O3/c1-34-24-11-8-19(15-28-24)23(14-25(32)33)31-16-20-6-4-17(13-22(20)30-31)5-9-21-10-7-18-3-2-12-27-26(18)29-21/h2-4,6,8,11-13,15-16,21,23H,5,7,9-10,14H2,1H3,(H,27,29)(H,32,33). The molecular weight excluding hydrogens is 430 g/mol. The van der Waals surface area contributed by atoms with Crippen LogP contribution >= 0.6 is 0 Å². The maximum atomic E-state index is 11.6. The van der Waals surface area contributed by atoms with Gasteiger partial charge in [0.1, 0.15) is 5.82 Å². The van der Waals surface area contributed by atoms with Gasteiger partial charge in [-0.3, -0.25) is 9.48 Å². The van der Waals surface area contributed by atoms with E-state index in [0.29, 0.717) is 11.9 Å². The van der Waals surface area contributed by atoms with Gasteiger partial charge in [-0.2, -0.15) is 5.10 Å². The number of rotatable bonds is 8. The number of anilines is 1. The first kappa shape index (κ1) is 21.9. The van der Waals surface area contributed by atoms with E-state index in [-0.39, 0.29) is 6.42 Å². The quantitative estimate of drug-likeness (QED) is 0.408. The van der Waals surface area contributed by atoms with E-state index in [9.17, 15) is 9.90 Å². The summed E-state index contributed by atoms with van der Waals surface area (Å²) in [4.78, 5) is 20.3. The van der Waals surface area contributed by atoms with Gasteiger partial charge in [0.25, 0.3) is 0 Å². The lowest BCUT2D eigenvalue weighted by Crippen LogP contribution is -2.26. The molecule has 0 bridgehead atoms. The molecule has 2 atom stereocenters. The zero-order valence-corrected chi connectivity index (χ0v) is 19.0. The Hall–Kier alpha value is -3.94. The van der Waals surface area contributed by atoms with Crippen molar-refractivity contribution in [3.05, 3.63) is 77.7 Å². The minimum absolute atomic E-state index is 0.0856. The molecule has 5 rings (SSSR count). The Bertz CT molecular complexity index is 1300. The van der Waals surface area contributed by atoms with Crippen LogP contribution in [0.15, 0.2) is 61.1 Å². The fourth-order valence-corrected chi connectivity index (χ4v) is 4.56. The SMILES string of the molecule is COc1ccc(C(CC(=O)O)n2cc3ccc(CCC4CCc5cccnc5N4)cc3n2)cn1. The number of fused-ring (bicyclic) bond motifs is 2. The number of aromatic nitrogens is 4. The lowest BCUT2D eigenvalue weighted by atomic mass is 9.96. The van der Waals surface area contributed by atoms with Gasteiger partial charge in [-0.05, 0) is 60.6 Å². The summed E-state index contributed by atoms with van der Waals surface area (Å²) >= 11 is 0. The number of hydrogen-bond donors (Lipinski definition) is 2. The Morgan fingerprint density at radius 1 is 1.26 bits per heavy atom. The van der Waals surface area contributed by atoms with Crippen molar-refractivity contribution in [2.75, 3.05) is 12.4 Å². The Kier molecular flexibility index (Phi) is 6.12. The molecule has 0 radical (unpaired) electrons. The first-order valence-corrected chi connectivity index (χ1v) is 11.5. The molecule has 2 unspecified atom stereocenters. The molecule has 4 aromatic rings. The third kappa shape index (κ3) is 4.71. The fraction of sp³-hybridized carbons (Fsp3) is 0.308. The highest BCUT2D eigenvalue weighted by Gasteiger charge is 2.21. The average molecular weight is 458 g/mol. The molecule has 0 saturated heterocycles. The Balaban J connectivity index is 1.32. The zero-order valence-electron chi connectivity index (χ0n) is 19.0. The second kappa shape index (κ2) is 9.51. The van der Waals surface area contributed by atoms with Gasteiger partial charge >= 0.3 is 5.97 Å². The summed E-state index contributed by atoms with van der Waals surface area (Å²) in [6.45, 7) is 0. The molecule has 0 aliphatic carbocycles. The summed E-state index contributed by atoms with van der Waals surface area (Å²) in [6, 6.07) is 13.9. The van der Waals surface area contributed by atoms with Crippen LogP contribution in [0.5, 0.6) is 5.88 Å². The highest BCUT2D eigenvalue weighted by atomic mass is 16.5. The molecular formula is C26H27N5O3. The van der Waals surface area contributed by atoms with E-state index >= 15 is 0 Å². The van der Waals surface area contributed by atoms with Gasteiger partial charge in [0.2, 0.25) is 5.88 Å². The van der Waals surface area contributed by atoms with Gasteiger partial charge < -0.3 is 15.2 Å². The van der Waals surface area contributed by atoms with Crippen molar-refractivity contribution in [2.24, 2.45) is 0 Å². The molecule has 0 fully saturated rings. The van der Waals surface area contributed by atoms with E-state index in [1.165, 1.54) is 11.1 Å². The third-order valence-corrected chi connectivity index (χ3v) is 6.41. The lowest BCUT2D eigenvalue weighted by Gasteiger charge is -2.26. The monoisotopic (exact) mass is 457 g/mol. The molecule has 0 saturated carbocycles. The van der Waals surface area contributed by atoms with E-state index < -0.39 is 12.0 Å². The maximum Gasteiger partial charge on any atom is 0.305 e. The van der Waals surface area contributed by atoms with Crippen molar-refractivity contribution in [1.29, 1.82) is 0 Å². The number of aryl methyl sites for hydroxylation is 2. The minimum Gasteiger partial charge on any atom is -0.481 e. The van der Waals surface area contributed by atoms with Crippen LogP contribution in [0.4, 0.5) is 5.82 Å². The average Bonchev–Trinajstić information content (AvgIpc) is 3.29. The molecule has 1 aliphatic heterocycles. The second-order valence-corrected chi connectivity index (χ2v) is 8.68. The van der Waals surface area contributed by atoms with Crippen molar-refractivity contribution in [3.8, 4) is 5.88 Å². The van der Waals surface area contributed by atoms with Crippen LogP contribution in [-0.4, -0.2) is 44.0 Å². The lowest BCUT2D eigenvalue weighted by molar-refractivity contribution is -0.137. The maximum absolute atomic E-state index is 11.6. The number of nitrogens with one attached hydrogen (secondary N) is 1. The predicted octanol–water partition coefficient (Wildman–Crippen LogP) is 4.26. The molecule has 0 amide bonds. The molecule has 1 aromatic carbocycles. The smallest absolute Gasteiger partial charge is 0.305 e. The summed E-state index contributed by atoms with van der Waals surface area (Å²) in [6.07, 6.45) is 9.40. The Morgan fingerprint density at radius 3 is 2.97 bits per heavy atom. The Morgan fingerprint density at radius 2 is 2.18 bits per heavy atom. The number of aliphatic carboxylic acids is 1. The summed E-state index contributed by atoms with van der Waals surface area (Å²) in [5.41, 5.74) is 4.13. The fourth-order valence-electron chi connectivity index (χ4n) is 4.56. The highest BCUT2D eigenvalue weighted by Crippen LogP contribution is 2.27. The molecule has 8 heteroatoms. The number of pyridine rings is 2. The Labute approximate surface area is 197 Å². The summed E-state index contributed by atoms with van der Waals surface area (Å²) < 4.78 is 6.86. The summed E-state index contributed by atoms with van der Waals surface area (Å²) in [5, 5.41) is 18.8. The van der Waals surface area contributed by atoms with Crippen LogP contribution in [0.3, 0.4) is 0 Å². The van der Waals surface area contributed by atoms with Crippen LogP contribution in [0.1, 0.15) is 42.0 Å².